The van der Waals surface area contributed by atoms with Crippen molar-refractivity contribution in [2.75, 3.05) is 13.2 Å². The number of ether oxygens (including phenoxy) is 1. The summed E-state index contributed by atoms with van der Waals surface area (Å²) in [5, 5.41) is 11.0. The average molecular weight is 379 g/mol. The molecule has 1 saturated heterocycles. The van der Waals surface area contributed by atoms with E-state index in [9.17, 15) is 14.7 Å². The van der Waals surface area contributed by atoms with Crippen molar-refractivity contribution in [1.29, 1.82) is 0 Å². The van der Waals surface area contributed by atoms with Gasteiger partial charge >= 0.3 is 0 Å². The normalized spacial score (nSPS) is 18.5. The van der Waals surface area contributed by atoms with Crippen LogP contribution in [0, 0.1) is 6.92 Å². The third kappa shape index (κ3) is 3.65. The minimum atomic E-state index is -0.647. The number of Topliss-reactive ketones (excluding diaryl/α,β-unsaturated/α-hetero) is 1. The van der Waals surface area contributed by atoms with Gasteiger partial charge < -0.3 is 14.7 Å². The van der Waals surface area contributed by atoms with Crippen molar-refractivity contribution in [2.45, 2.75) is 33.2 Å². The Hall–Kier alpha value is -3.08. The minimum Gasteiger partial charge on any atom is -0.507 e. The number of nitrogens with zero attached hydrogens (tertiary/aromatic N) is 1. The fraction of sp³-hybridized carbons (Fsp3) is 0.304. The van der Waals surface area contributed by atoms with Crippen molar-refractivity contribution >= 4 is 17.4 Å². The molecule has 5 heteroatoms. The second-order valence-electron chi connectivity index (χ2n) is 6.86. The molecule has 0 bridgehead atoms. The molecule has 0 saturated carbocycles. The number of ketones is 1. The molecule has 146 valence electrons. The SMILES string of the molecule is CCCN1C(=O)C(=O)/C(=C(\O)c2ccc(OCC)cc2)C1c1cccc(C)c1. The Balaban J connectivity index is 2.12. The summed E-state index contributed by atoms with van der Waals surface area (Å²) in [6.45, 7) is 6.80. The van der Waals surface area contributed by atoms with Gasteiger partial charge in [0, 0.05) is 12.1 Å². The summed E-state index contributed by atoms with van der Waals surface area (Å²) >= 11 is 0. The number of aliphatic hydroxyl groups excluding tert-OH is 1. The summed E-state index contributed by atoms with van der Waals surface area (Å²) in [5.41, 5.74) is 2.46. The number of hydrogen-bond donors (Lipinski definition) is 1. The number of carbonyl (C=O) groups is 2. The van der Waals surface area contributed by atoms with Gasteiger partial charge in [-0.05, 0) is 50.1 Å². The lowest BCUT2D eigenvalue weighted by molar-refractivity contribution is -0.139. The Morgan fingerprint density at radius 3 is 2.43 bits per heavy atom. The standard InChI is InChI=1S/C23H25NO4/c1-4-13-24-20(17-8-6-7-15(3)14-17)19(22(26)23(24)27)21(25)16-9-11-18(12-10-16)28-5-2/h6-12,14,20,25H,4-5,13H2,1-3H3/b21-19-. The molecule has 1 fully saturated rings. The molecule has 1 aliphatic heterocycles. The Morgan fingerprint density at radius 2 is 1.82 bits per heavy atom. The highest BCUT2D eigenvalue weighted by Gasteiger charge is 2.45. The minimum absolute atomic E-state index is 0.133. The predicted octanol–water partition coefficient (Wildman–Crippen LogP) is 4.23. The van der Waals surface area contributed by atoms with Crippen LogP contribution >= 0.6 is 0 Å². The maximum absolute atomic E-state index is 12.8. The van der Waals surface area contributed by atoms with Crippen LogP contribution in [0.5, 0.6) is 5.75 Å². The van der Waals surface area contributed by atoms with Gasteiger partial charge in [0.15, 0.2) is 0 Å². The number of carbonyl (C=O) groups excluding carboxylic acids is 2. The molecule has 1 amide bonds. The van der Waals surface area contributed by atoms with Crippen LogP contribution in [0.2, 0.25) is 0 Å². The lowest BCUT2D eigenvalue weighted by Gasteiger charge is -2.25. The molecule has 1 N–H and O–H groups in total. The van der Waals surface area contributed by atoms with Crippen molar-refractivity contribution in [1.82, 2.24) is 4.90 Å². The largest absolute Gasteiger partial charge is 0.507 e. The van der Waals surface area contributed by atoms with Crippen molar-refractivity contribution < 1.29 is 19.4 Å². The Kier molecular flexibility index (Phi) is 5.83. The zero-order valence-corrected chi connectivity index (χ0v) is 16.4. The molecule has 1 atom stereocenters. The van der Waals surface area contributed by atoms with E-state index in [0.717, 1.165) is 17.5 Å². The van der Waals surface area contributed by atoms with Gasteiger partial charge in [-0.2, -0.15) is 0 Å². The molecule has 0 spiro atoms. The first-order valence-corrected chi connectivity index (χ1v) is 9.56. The van der Waals surface area contributed by atoms with Crippen LogP contribution in [0.15, 0.2) is 54.1 Å². The smallest absolute Gasteiger partial charge is 0.295 e. The summed E-state index contributed by atoms with van der Waals surface area (Å²) < 4.78 is 5.43. The van der Waals surface area contributed by atoms with Crippen LogP contribution in [-0.4, -0.2) is 34.8 Å². The molecule has 0 aromatic heterocycles. The van der Waals surface area contributed by atoms with Gasteiger partial charge in [0.2, 0.25) is 0 Å². The molecular weight excluding hydrogens is 354 g/mol. The van der Waals surface area contributed by atoms with Crippen molar-refractivity contribution in [3.63, 3.8) is 0 Å². The molecular formula is C23H25NO4. The first-order valence-electron chi connectivity index (χ1n) is 9.56. The number of amides is 1. The van der Waals surface area contributed by atoms with E-state index in [1.807, 2.05) is 45.0 Å². The van der Waals surface area contributed by atoms with Crippen LogP contribution in [0.3, 0.4) is 0 Å². The lowest BCUT2D eigenvalue weighted by atomic mass is 9.94. The van der Waals surface area contributed by atoms with Crippen LogP contribution in [-0.2, 0) is 9.59 Å². The average Bonchev–Trinajstić information content (AvgIpc) is 2.94. The van der Waals surface area contributed by atoms with E-state index in [2.05, 4.69) is 0 Å². The van der Waals surface area contributed by atoms with Gasteiger partial charge in [0.05, 0.1) is 18.2 Å². The second kappa shape index (κ2) is 8.30. The summed E-state index contributed by atoms with van der Waals surface area (Å²) in [4.78, 5) is 27.0. The summed E-state index contributed by atoms with van der Waals surface area (Å²) in [5.74, 6) is -0.695. The van der Waals surface area contributed by atoms with Crippen LogP contribution < -0.4 is 4.74 Å². The molecule has 0 radical (unpaired) electrons. The topological polar surface area (TPSA) is 66.8 Å². The maximum atomic E-state index is 12.8. The third-order valence-corrected chi connectivity index (χ3v) is 4.80. The third-order valence-electron chi connectivity index (χ3n) is 4.80. The first kappa shape index (κ1) is 19.7. The fourth-order valence-electron chi connectivity index (χ4n) is 3.57. The van der Waals surface area contributed by atoms with E-state index in [4.69, 9.17) is 4.74 Å². The molecule has 28 heavy (non-hydrogen) atoms. The van der Waals surface area contributed by atoms with Crippen LogP contribution in [0.1, 0.15) is 43.0 Å². The van der Waals surface area contributed by atoms with Gasteiger partial charge in [-0.1, -0.05) is 36.8 Å². The number of rotatable bonds is 6. The Bertz CT molecular complexity index is 914. The molecule has 2 aromatic rings. The Labute approximate surface area is 165 Å². The summed E-state index contributed by atoms with van der Waals surface area (Å²) in [6.07, 6.45) is 0.721. The van der Waals surface area contributed by atoms with Gasteiger partial charge in [-0.3, -0.25) is 9.59 Å². The summed E-state index contributed by atoms with van der Waals surface area (Å²) in [7, 11) is 0. The van der Waals surface area contributed by atoms with E-state index < -0.39 is 17.7 Å². The number of benzene rings is 2. The second-order valence-corrected chi connectivity index (χ2v) is 6.86. The summed E-state index contributed by atoms with van der Waals surface area (Å²) in [6, 6.07) is 14.0. The zero-order valence-electron chi connectivity index (χ0n) is 16.4. The van der Waals surface area contributed by atoms with E-state index in [1.165, 1.54) is 0 Å². The van der Waals surface area contributed by atoms with Gasteiger partial charge in [-0.15, -0.1) is 0 Å². The van der Waals surface area contributed by atoms with Crippen LogP contribution in [0.25, 0.3) is 5.76 Å². The highest BCUT2D eigenvalue weighted by molar-refractivity contribution is 6.46. The van der Waals surface area contributed by atoms with Crippen molar-refractivity contribution in [3.8, 4) is 5.75 Å². The van der Waals surface area contributed by atoms with E-state index in [0.29, 0.717) is 24.5 Å². The quantitative estimate of drug-likeness (QED) is 0.463. The number of hydrogen-bond acceptors (Lipinski definition) is 4. The van der Waals surface area contributed by atoms with Gasteiger partial charge in [0.25, 0.3) is 11.7 Å². The van der Waals surface area contributed by atoms with Crippen LogP contribution in [0.4, 0.5) is 0 Å². The highest BCUT2D eigenvalue weighted by atomic mass is 16.5. The predicted molar refractivity (Wildman–Crippen MR) is 108 cm³/mol. The zero-order chi connectivity index (χ0) is 20.3. The Morgan fingerprint density at radius 1 is 1.11 bits per heavy atom. The first-order chi connectivity index (χ1) is 13.5. The molecule has 2 aromatic carbocycles. The van der Waals surface area contributed by atoms with Gasteiger partial charge in [0.1, 0.15) is 11.5 Å². The number of likely N-dealkylation sites (tertiary alicyclic amines) is 1. The van der Waals surface area contributed by atoms with E-state index >= 15 is 0 Å². The number of aliphatic hydroxyl groups is 1. The van der Waals surface area contributed by atoms with E-state index in [-0.39, 0.29) is 11.3 Å². The maximum Gasteiger partial charge on any atom is 0.295 e. The van der Waals surface area contributed by atoms with Gasteiger partial charge in [-0.25, -0.2) is 0 Å². The molecule has 1 heterocycles. The van der Waals surface area contributed by atoms with Crippen molar-refractivity contribution in [2.24, 2.45) is 0 Å². The monoisotopic (exact) mass is 379 g/mol. The molecule has 1 unspecified atom stereocenters. The van der Waals surface area contributed by atoms with Crippen molar-refractivity contribution in [3.05, 3.63) is 70.8 Å². The lowest BCUT2D eigenvalue weighted by Crippen LogP contribution is -2.30. The molecule has 5 nitrogen and oxygen atoms in total. The molecule has 0 aliphatic carbocycles. The highest BCUT2D eigenvalue weighted by Crippen LogP contribution is 2.39. The number of aryl methyl sites for hydroxylation is 1. The fourth-order valence-corrected chi connectivity index (χ4v) is 3.57. The van der Waals surface area contributed by atoms with E-state index in [1.54, 1.807) is 29.2 Å². The molecule has 3 rings (SSSR count). The molecule has 1 aliphatic rings.